The van der Waals surface area contributed by atoms with Gasteiger partial charge in [0.15, 0.2) is 0 Å². The minimum atomic E-state index is 0.705. The molecule has 1 saturated carbocycles. The van der Waals surface area contributed by atoms with Crippen molar-refractivity contribution in [3.8, 4) is 6.07 Å². The molecule has 1 aromatic rings. The third-order valence-corrected chi connectivity index (χ3v) is 5.16. The quantitative estimate of drug-likeness (QED) is 0.547. The van der Waals surface area contributed by atoms with Crippen LogP contribution in [0.4, 0.5) is 5.69 Å². The predicted molar refractivity (Wildman–Crippen MR) is 115 cm³/mol. The maximum Gasteiger partial charge on any atom is 0.101 e. The van der Waals surface area contributed by atoms with Crippen LogP contribution < -0.4 is 11.1 Å². The van der Waals surface area contributed by atoms with E-state index in [0.717, 1.165) is 43.5 Å². The van der Waals surface area contributed by atoms with Crippen molar-refractivity contribution in [2.24, 2.45) is 11.1 Å². The lowest BCUT2D eigenvalue weighted by atomic mass is 9.74. The fraction of sp³-hybridized carbons (Fsp3) is 0.696. The first kappa shape index (κ1) is 24.5. The highest BCUT2D eigenvalue weighted by molar-refractivity contribution is 5.56. The summed E-state index contributed by atoms with van der Waals surface area (Å²) in [6.07, 6.45) is 12.1. The number of anilines is 1. The fourth-order valence-electron chi connectivity index (χ4n) is 3.16. The van der Waals surface area contributed by atoms with Gasteiger partial charge in [0.2, 0.25) is 0 Å². The minimum Gasteiger partial charge on any atom is -0.384 e. The molecule has 3 N–H and O–H groups in total. The van der Waals surface area contributed by atoms with Gasteiger partial charge in [0.05, 0.1) is 11.3 Å². The predicted octanol–water partition coefficient (Wildman–Crippen LogP) is 6.49. The Labute approximate surface area is 162 Å². The van der Waals surface area contributed by atoms with E-state index in [1.807, 2.05) is 38.1 Å². The van der Waals surface area contributed by atoms with Crippen molar-refractivity contribution in [1.29, 1.82) is 5.26 Å². The average Bonchev–Trinajstić information content (AvgIpc) is 2.71. The van der Waals surface area contributed by atoms with Crippen LogP contribution in [-0.2, 0) is 0 Å². The number of unbranched alkanes of at least 4 members (excludes halogenated alkanes) is 2. The molecule has 0 atom stereocenters. The van der Waals surface area contributed by atoms with E-state index in [2.05, 4.69) is 25.2 Å². The van der Waals surface area contributed by atoms with Gasteiger partial charge in [0.1, 0.15) is 6.07 Å². The van der Waals surface area contributed by atoms with Crippen LogP contribution in [0.25, 0.3) is 0 Å². The van der Waals surface area contributed by atoms with E-state index in [1.165, 1.54) is 38.5 Å². The molecule has 1 aliphatic carbocycles. The van der Waals surface area contributed by atoms with Crippen LogP contribution in [0.5, 0.6) is 0 Å². The van der Waals surface area contributed by atoms with Crippen LogP contribution in [0.15, 0.2) is 24.3 Å². The topological polar surface area (TPSA) is 61.8 Å². The van der Waals surface area contributed by atoms with Gasteiger partial charge in [-0.05, 0) is 49.8 Å². The minimum absolute atomic E-state index is 0.705. The number of rotatable bonds is 7. The van der Waals surface area contributed by atoms with Gasteiger partial charge in [-0.3, -0.25) is 0 Å². The van der Waals surface area contributed by atoms with Crippen molar-refractivity contribution < 1.29 is 0 Å². The monoisotopic (exact) mass is 359 g/mol. The molecule has 1 fully saturated rings. The molecule has 0 unspecified atom stereocenters. The van der Waals surface area contributed by atoms with Gasteiger partial charge in [0, 0.05) is 6.54 Å². The number of hydrogen-bond acceptors (Lipinski definition) is 3. The Balaban J connectivity index is 0.000000484. The summed E-state index contributed by atoms with van der Waals surface area (Å²) in [5, 5.41) is 12.1. The normalized spacial score (nSPS) is 14.8. The molecule has 0 amide bonds. The second-order valence-electron chi connectivity index (χ2n) is 7.16. The third-order valence-electron chi connectivity index (χ3n) is 5.16. The molecular weight excluding hydrogens is 318 g/mol. The van der Waals surface area contributed by atoms with E-state index in [1.54, 1.807) is 0 Å². The SMILES string of the molecule is CC.CCC1(C)CCCCC1.N#Cc1ccccc1NCCCCCN. The van der Waals surface area contributed by atoms with Crippen LogP contribution in [0.3, 0.4) is 0 Å². The molecule has 0 radical (unpaired) electrons. The van der Waals surface area contributed by atoms with Crippen LogP contribution >= 0.6 is 0 Å². The highest BCUT2D eigenvalue weighted by Crippen LogP contribution is 2.38. The van der Waals surface area contributed by atoms with Crippen molar-refractivity contribution >= 4 is 5.69 Å². The molecule has 0 aromatic heterocycles. The number of nitrogens with two attached hydrogens (primary N) is 1. The van der Waals surface area contributed by atoms with E-state index >= 15 is 0 Å². The van der Waals surface area contributed by atoms with Crippen molar-refractivity contribution in [3.05, 3.63) is 29.8 Å². The third kappa shape index (κ3) is 10.5. The first-order chi connectivity index (χ1) is 12.6. The Morgan fingerprint density at radius 3 is 2.27 bits per heavy atom. The molecule has 3 nitrogen and oxygen atoms in total. The zero-order valence-electron chi connectivity index (χ0n) is 17.6. The van der Waals surface area contributed by atoms with E-state index in [4.69, 9.17) is 11.0 Å². The van der Waals surface area contributed by atoms with E-state index in [0.29, 0.717) is 5.56 Å². The van der Waals surface area contributed by atoms with Crippen molar-refractivity contribution in [2.45, 2.75) is 85.5 Å². The summed E-state index contributed by atoms with van der Waals surface area (Å²) in [5.41, 5.74) is 7.75. The Morgan fingerprint density at radius 2 is 1.73 bits per heavy atom. The number of hydrogen-bond donors (Lipinski definition) is 2. The maximum atomic E-state index is 8.85. The van der Waals surface area contributed by atoms with E-state index < -0.39 is 0 Å². The summed E-state index contributed by atoms with van der Waals surface area (Å²) in [6, 6.07) is 9.73. The molecule has 0 bridgehead atoms. The second kappa shape index (κ2) is 15.7. The summed E-state index contributed by atoms with van der Waals surface area (Å²) in [5.74, 6) is 0. The Morgan fingerprint density at radius 1 is 1.08 bits per heavy atom. The number of nitrogens with one attached hydrogen (secondary N) is 1. The Bertz CT molecular complexity index is 484. The summed E-state index contributed by atoms with van der Waals surface area (Å²) in [7, 11) is 0. The largest absolute Gasteiger partial charge is 0.384 e. The number of benzene rings is 1. The second-order valence-corrected chi connectivity index (χ2v) is 7.16. The molecule has 26 heavy (non-hydrogen) atoms. The van der Waals surface area contributed by atoms with Crippen molar-refractivity contribution in [3.63, 3.8) is 0 Å². The smallest absolute Gasteiger partial charge is 0.101 e. The summed E-state index contributed by atoms with van der Waals surface area (Å²) in [6.45, 7) is 10.4. The molecule has 0 aliphatic heterocycles. The highest BCUT2D eigenvalue weighted by Gasteiger charge is 2.23. The maximum absolute atomic E-state index is 8.85. The van der Waals surface area contributed by atoms with Crippen LogP contribution in [0.2, 0.25) is 0 Å². The first-order valence-electron chi connectivity index (χ1n) is 10.6. The number of para-hydroxylation sites is 1. The zero-order valence-corrected chi connectivity index (χ0v) is 17.6. The van der Waals surface area contributed by atoms with Gasteiger partial charge in [0.25, 0.3) is 0 Å². The molecule has 0 heterocycles. The van der Waals surface area contributed by atoms with Gasteiger partial charge < -0.3 is 11.1 Å². The highest BCUT2D eigenvalue weighted by atomic mass is 14.9. The lowest BCUT2D eigenvalue weighted by Crippen LogP contribution is -2.18. The van der Waals surface area contributed by atoms with E-state index in [9.17, 15) is 0 Å². The van der Waals surface area contributed by atoms with Crippen LogP contribution in [0, 0.1) is 16.7 Å². The zero-order chi connectivity index (χ0) is 19.7. The Kier molecular flexibility index (Phi) is 14.8. The lowest BCUT2D eigenvalue weighted by Gasteiger charge is -2.32. The lowest BCUT2D eigenvalue weighted by molar-refractivity contribution is 0.208. The first-order valence-corrected chi connectivity index (χ1v) is 10.6. The summed E-state index contributed by atoms with van der Waals surface area (Å²) < 4.78 is 0. The van der Waals surface area contributed by atoms with E-state index in [-0.39, 0.29) is 0 Å². The molecule has 2 rings (SSSR count). The van der Waals surface area contributed by atoms with Crippen LogP contribution in [0.1, 0.15) is 91.0 Å². The van der Waals surface area contributed by atoms with Gasteiger partial charge in [-0.1, -0.05) is 71.9 Å². The Hall–Kier alpha value is -1.53. The summed E-state index contributed by atoms with van der Waals surface area (Å²) in [4.78, 5) is 0. The van der Waals surface area contributed by atoms with Crippen molar-refractivity contribution in [1.82, 2.24) is 0 Å². The van der Waals surface area contributed by atoms with Gasteiger partial charge >= 0.3 is 0 Å². The van der Waals surface area contributed by atoms with Gasteiger partial charge in [-0.25, -0.2) is 0 Å². The number of nitriles is 1. The molecular formula is C23H41N3. The van der Waals surface area contributed by atoms with Gasteiger partial charge in [-0.2, -0.15) is 5.26 Å². The van der Waals surface area contributed by atoms with Crippen LogP contribution in [-0.4, -0.2) is 13.1 Å². The van der Waals surface area contributed by atoms with Gasteiger partial charge in [-0.15, -0.1) is 0 Å². The molecule has 148 valence electrons. The number of nitrogens with zero attached hydrogens (tertiary/aromatic N) is 1. The van der Waals surface area contributed by atoms with Crippen molar-refractivity contribution in [2.75, 3.05) is 18.4 Å². The summed E-state index contributed by atoms with van der Waals surface area (Å²) >= 11 is 0. The molecule has 3 heteroatoms. The standard InChI is InChI=1S/C12H17N3.C9H18.C2H6/c13-8-4-1-5-9-15-12-7-3-2-6-11(12)10-14;1-3-9(2)7-5-4-6-8-9;1-2/h2-3,6-7,15H,1,4-5,8-9,13H2;3-8H2,1-2H3;1-2H3. The molecule has 0 spiro atoms. The molecule has 0 saturated heterocycles. The molecule has 1 aliphatic rings. The fourth-order valence-corrected chi connectivity index (χ4v) is 3.16. The molecule has 1 aromatic carbocycles. The average molecular weight is 360 g/mol.